The maximum Gasteiger partial charge on any atom is 0.0737 e. The van der Waals surface area contributed by atoms with Crippen molar-refractivity contribution in [1.29, 1.82) is 0 Å². The maximum atomic E-state index is 6.05. The monoisotopic (exact) mass is 407 g/mol. The SMILES string of the molecule is ClCCN(CCCl)Cc1ccc(Nc2ccnc3cc(Cl)ccc23)cc1. The summed E-state index contributed by atoms with van der Waals surface area (Å²) in [5.41, 5.74) is 4.14. The number of hydrogen-bond acceptors (Lipinski definition) is 3. The first-order chi connectivity index (χ1) is 12.7. The van der Waals surface area contributed by atoms with Crippen molar-refractivity contribution in [3.05, 3.63) is 65.3 Å². The average molecular weight is 409 g/mol. The Kier molecular flexibility index (Phi) is 6.98. The Hall–Kier alpha value is -1.52. The lowest BCUT2D eigenvalue weighted by Gasteiger charge is -2.20. The Labute approximate surface area is 168 Å². The molecule has 3 aromatic rings. The van der Waals surface area contributed by atoms with E-state index < -0.39 is 0 Å². The van der Waals surface area contributed by atoms with Gasteiger partial charge in [-0.1, -0.05) is 23.7 Å². The van der Waals surface area contributed by atoms with Crippen LogP contribution in [0, 0.1) is 0 Å². The normalized spacial score (nSPS) is 11.2. The second kappa shape index (κ2) is 9.43. The van der Waals surface area contributed by atoms with Gasteiger partial charge in [0.15, 0.2) is 0 Å². The van der Waals surface area contributed by atoms with Gasteiger partial charge in [0, 0.05) is 59.4 Å². The van der Waals surface area contributed by atoms with Crippen molar-refractivity contribution in [3.63, 3.8) is 0 Å². The smallest absolute Gasteiger partial charge is 0.0737 e. The molecule has 3 nitrogen and oxygen atoms in total. The second-order valence-corrected chi connectivity index (χ2v) is 7.19. The van der Waals surface area contributed by atoms with Crippen LogP contribution in [0.4, 0.5) is 11.4 Å². The van der Waals surface area contributed by atoms with Crippen molar-refractivity contribution in [1.82, 2.24) is 9.88 Å². The number of pyridine rings is 1. The number of hydrogen-bond donors (Lipinski definition) is 1. The molecular weight excluding hydrogens is 389 g/mol. The molecule has 3 rings (SSSR count). The first-order valence-electron chi connectivity index (χ1n) is 8.44. The van der Waals surface area contributed by atoms with Crippen LogP contribution in [-0.4, -0.2) is 34.7 Å². The van der Waals surface area contributed by atoms with Gasteiger partial charge >= 0.3 is 0 Å². The summed E-state index contributed by atoms with van der Waals surface area (Å²) >= 11 is 17.8. The molecule has 0 bridgehead atoms. The van der Waals surface area contributed by atoms with Gasteiger partial charge in [0.2, 0.25) is 0 Å². The number of benzene rings is 2. The molecule has 0 aliphatic heterocycles. The Morgan fingerprint density at radius 1 is 0.923 bits per heavy atom. The predicted molar refractivity (Wildman–Crippen MR) is 113 cm³/mol. The third kappa shape index (κ3) is 5.01. The third-order valence-corrected chi connectivity index (χ3v) is 4.72. The Balaban J connectivity index is 1.73. The van der Waals surface area contributed by atoms with Crippen LogP contribution in [0.25, 0.3) is 10.9 Å². The molecule has 1 aromatic heterocycles. The molecule has 6 heteroatoms. The van der Waals surface area contributed by atoms with E-state index in [1.165, 1.54) is 5.56 Å². The van der Waals surface area contributed by atoms with Crippen LogP contribution in [-0.2, 0) is 6.54 Å². The summed E-state index contributed by atoms with van der Waals surface area (Å²) in [5, 5.41) is 5.18. The molecule has 0 aliphatic rings. The van der Waals surface area contributed by atoms with Gasteiger partial charge in [0.05, 0.1) is 5.52 Å². The highest BCUT2D eigenvalue weighted by molar-refractivity contribution is 6.31. The number of halogens is 3. The van der Waals surface area contributed by atoms with Gasteiger partial charge in [-0.3, -0.25) is 9.88 Å². The third-order valence-electron chi connectivity index (χ3n) is 4.15. The first kappa shape index (κ1) is 19.2. The van der Waals surface area contributed by atoms with E-state index >= 15 is 0 Å². The van der Waals surface area contributed by atoms with E-state index in [1.54, 1.807) is 6.20 Å². The summed E-state index contributed by atoms with van der Waals surface area (Å²) in [6.07, 6.45) is 1.78. The lowest BCUT2D eigenvalue weighted by Crippen LogP contribution is -2.27. The molecule has 1 heterocycles. The second-order valence-electron chi connectivity index (χ2n) is 6.00. The Morgan fingerprint density at radius 3 is 2.35 bits per heavy atom. The molecule has 0 fully saturated rings. The van der Waals surface area contributed by atoms with Crippen LogP contribution in [0.1, 0.15) is 5.56 Å². The van der Waals surface area contributed by atoms with Crippen molar-refractivity contribution in [2.45, 2.75) is 6.54 Å². The van der Waals surface area contributed by atoms with Crippen LogP contribution in [0.3, 0.4) is 0 Å². The summed E-state index contributed by atoms with van der Waals surface area (Å²) < 4.78 is 0. The van der Waals surface area contributed by atoms with E-state index in [2.05, 4.69) is 39.5 Å². The Bertz CT molecular complexity index is 847. The summed E-state index contributed by atoms with van der Waals surface area (Å²) in [4.78, 5) is 6.63. The molecule has 26 heavy (non-hydrogen) atoms. The zero-order valence-corrected chi connectivity index (χ0v) is 16.5. The zero-order valence-electron chi connectivity index (χ0n) is 14.3. The van der Waals surface area contributed by atoms with Crippen LogP contribution in [0.2, 0.25) is 5.02 Å². The number of anilines is 2. The molecule has 136 valence electrons. The minimum absolute atomic E-state index is 0.607. The summed E-state index contributed by atoms with van der Waals surface area (Å²) in [6.45, 7) is 2.51. The minimum Gasteiger partial charge on any atom is -0.355 e. The fraction of sp³-hybridized carbons (Fsp3) is 0.250. The summed E-state index contributed by atoms with van der Waals surface area (Å²) in [5.74, 6) is 1.21. The fourth-order valence-electron chi connectivity index (χ4n) is 2.85. The van der Waals surface area contributed by atoms with Crippen LogP contribution in [0.5, 0.6) is 0 Å². The molecule has 0 radical (unpaired) electrons. The fourth-order valence-corrected chi connectivity index (χ4v) is 3.49. The molecule has 0 saturated carbocycles. The van der Waals surface area contributed by atoms with Crippen LogP contribution >= 0.6 is 34.8 Å². The lowest BCUT2D eigenvalue weighted by molar-refractivity contribution is 0.299. The number of nitrogens with zero attached hydrogens (tertiary/aromatic N) is 2. The van der Waals surface area contributed by atoms with Crippen molar-refractivity contribution in [2.24, 2.45) is 0 Å². The van der Waals surface area contributed by atoms with Crippen LogP contribution < -0.4 is 5.32 Å². The van der Waals surface area contributed by atoms with Gasteiger partial charge in [-0.25, -0.2) is 0 Å². The molecule has 0 unspecified atom stereocenters. The number of rotatable bonds is 8. The molecule has 2 aromatic carbocycles. The molecule has 0 aliphatic carbocycles. The highest BCUT2D eigenvalue weighted by Crippen LogP contribution is 2.27. The highest BCUT2D eigenvalue weighted by Gasteiger charge is 2.06. The quantitative estimate of drug-likeness (QED) is 0.469. The van der Waals surface area contributed by atoms with Gasteiger partial charge in [-0.05, 0) is 42.0 Å². The standard InChI is InChI=1S/C20H20Cl3N3/c21-8-11-26(12-9-22)14-15-1-4-17(5-2-15)25-19-7-10-24-20-13-16(23)3-6-18(19)20/h1-7,10,13H,8-9,11-12,14H2,(H,24,25). The molecule has 0 amide bonds. The minimum atomic E-state index is 0.607. The van der Waals surface area contributed by atoms with Gasteiger partial charge in [-0.2, -0.15) is 0 Å². The van der Waals surface area contributed by atoms with E-state index in [9.17, 15) is 0 Å². The number of aromatic nitrogens is 1. The van der Waals surface area contributed by atoms with Crippen molar-refractivity contribution in [3.8, 4) is 0 Å². The van der Waals surface area contributed by atoms with E-state index in [4.69, 9.17) is 34.8 Å². The number of nitrogens with one attached hydrogen (secondary N) is 1. The molecule has 0 atom stereocenters. The predicted octanol–water partition coefficient (Wildman–Crippen LogP) is 5.91. The first-order valence-corrected chi connectivity index (χ1v) is 9.89. The van der Waals surface area contributed by atoms with Crippen molar-refractivity contribution < 1.29 is 0 Å². The topological polar surface area (TPSA) is 28.2 Å². The number of alkyl halides is 2. The van der Waals surface area contributed by atoms with E-state index in [0.717, 1.165) is 41.9 Å². The number of fused-ring (bicyclic) bond motifs is 1. The van der Waals surface area contributed by atoms with Gasteiger partial charge in [-0.15, -0.1) is 23.2 Å². The van der Waals surface area contributed by atoms with Gasteiger partial charge in [0.1, 0.15) is 0 Å². The highest BCUT2D eigenvalue weighted by atomic mass is 35.5. The lowest BCUT2D eigenvalue weighted by atomic mass is 10.1. The van der Waals surface area contributed by atoms with E-state index in [1.807, 2.05) is 24.3 Å². The van der Waals surface area contributed by atoms with Crippen molar-refractivity contribution in [2.75, 3.05) is 30.2 Å². The van der Waals surface area contributed by atoms with Crippen molar-refractivity contribution >= 4 is 57.1 Å². The zero-order chi connectivity index (χ0) is 18.4. The van der Waals surface area contributed by atoms with Gasteiger partial charge in [0.25, 0.3) is 0 Å². The average Bonchev–Trinajstić information content (AvgIpc) is 2.64. The van der Waals surface area contributed by atoms with E-state index in [-0.39, 0.29) is 0 Å². The molecular formula is C20H20Cl3N3. The van der Waals surface area contributed by atoms with Gasteiger partial charge < -0.3 is 5.32 Å². The van der Waals surface area contributed by atoms with Crippen LogP contribution in [0.15, 0.2) is 54.7 Å². The summed E-state index contributed by atoms with van der Waals surface area (Å²) in [7, 11) is 0. The Morgan fingerprint density at radius 2 is 1.65 bits per heavy atom. The summed E-state index contributed by atoms with van der Waals surface area (Å²) in [6, 6.07) is 16.1. The molecule has 0 saturated heterocycles. The molecule has 0 spiro atoms. The maximum absolute atomic E-state index is 6.05. The molecule has 1 N–H and O–H groups in total. The van der Waals surface area contributed by atoms with E-state index in [0.29, 0.717) is 16.8 Å². The largest absolute Gasteiger partial charge is 0.355 e.